The van der Waals surface area contributed by atoms with E-state index in [1.165, 1.54) is 35.5 Å². The summed E-state index contributed by atoms with van der Waals surface area (Å²) >= 11 is 3.51. The molecule has 0 aromatic heterocycles. The number of rotatable bonds is 6. The number of benzene rings is 2. The quantitative estimate of drug-likeness (QED) is 0.517. The first-order valence-electron chi connectivity index (χ1n) is 9.23. The molecule has 0 saturated heterocycles. The van der Waals surface area contributed by atoms with E-state index in [0.29, 0.717) is 6.04 Å². The predicted molar refractivity (Wildman–Crippen MR) is 115 cm³/mol. The fourth-order valence-electron chi connectivity index (χ4n) is 3.41. The first-order valence-corrected chi connectivity index (χ1v) is 11.2. The Hall–Kier alpha value is -1.14. The third-order valence-electron chi connectivity index (χ3n) is 4.93. The van der Waals surface area contributed by atoms with Crippen LogP contribution in [-0.4, -0.2) is 35.3 Å². The molecule has 2 aromatic rings. The zero-order valence-corrected chi connectivity index (χ0v) is 17.4. The first-order chi connectivity index (χ1) is 12.7. The molecule has 2 aromatic carbocycles. The highest BCUT2D eigenvalue weighted by molar-refractivity contribution is 7.98. The number of unbranched alkanes of at least 4 members (excludes halogenated alkanes) is 1. The lowest BCUT2D eigenvalue weighted by atomic mass is 10.1. The number of thioether (sulfide) groups is 1. The number of fused-ring (bicyclic) bond motifs is 1. The lowest BCUT2D eigenvalue weighted by molar-refractivity contribution is 0.278. The van der Waals surface area contributed by atoms with Crippen molar-refractivity contribution < 1.29 is 5.11 Å². The smallest absolute Gasteiger partial charge is 0.0693 e. The highest BCUT2D eigenvalue weighted by Crippen LogP contribution is 2.43. The van der Waals surface area contributed by atoms with Crippen molar-refractivity contribution in [1.82, 2.24) is 4.31 Å². The predicted octanol–water partition coefficient (Wildman–Crippen LogP) is 5.55. The van der Waals surface area contributed by atoms with Gasteiger partial charge in [-0.1, -0.05) is 38.0 Å². The number of hydrogen-bond donors (Lipinski definition) is 1. The Morgan fingerprint density at radius 1 is 1.23 bits per heavy atom. The molecule has 0 spiro atoms. The average Bonchev–Trinajstić information content (AvgIpc) is 2.81. The van der Waals surface area contributed by atoms with Crippen LogP contribution in [-0.2, 0) is 6.61 Å². The molecular weight excluding hydrogens is 360 g/mol. The van der Waals surface area contributed by atoms with Crippen LogP contribution in [0.5, 0.6) is 0 Å². The summed E-state index contributed by atoms with van der Waals surface area (Å²) in [5.74, 6) is 0. The molecule has 0 bridgehead atoms. The molecule has 1 N–H and O–H groups in total. The van der Waals surface area contributed by atoms with Crippen LogP contribution in [0.1, 0.15) is 31.7 Å². The molecule has 3 rings (SSSR count). The second-order valence-corrected chi connectivity index (χ2v) is 8.72. The van der Waals surface area contributed by atoms with Crippen LogP contribution >= 0.6 is 23.7 Å². The Morgan fingerprint density at radius 3 is 2.65 bits per heavy atom. The van der Waals surface area contributed by atoms with Gasteiger partial charge < -0.3 is 10.0 Å². The molecular formula is C21H28N2OS2. The van der Waals surface area contributed by atoms with Crippen LogP contribution in [0, 0.1) is 0 Å². The number of anilines is 2. The summed E-state index contributed by atoms with van der Waals surface area (Å²) in [6.45, 7) is 3.32. The van der Waals surface area contributed by atoms with Gasteiger partial charge in [0.25, 0.3) is 0 Å². The Labute approximate surface area is 165 Å². The molecule has 26 heavy (non-hydrogen) atoms. The number of para-hydroxylation sites is 1. The van der Waals surface area contributed by atoms with E-state index < -0.39 is 0 Å². The number of aliphatic hydroxyl groups is 1. The van der Waals surface area contributed by atoms with Crippen molar-refractivity contribution in [2.45, 2.75) is 48.6 Å². The van der Waals surface area contributed by atoms with Gasteiger partial charge in [0.2, 0.25) is 0 Å². The van der Waals surface area contributed by atoms with Gasteiger partial charge in [0.1, 0.15) is 0 Å². The van der Waals surface area contributed by atoms with Gasteiger partial charge in [0, 0.05) is 28.1 Å². The van der Waals surface area contributed by atoms with Crippen LogP contribution in [0.4, 0.5) is 11.4 Å². The number of nitrogens with zero attached hydrogens (tertiary/aromatic N) is 2. The normalized spacial score (nSPS) is 17.8. The van der Waals surface area contributed by atoms with E-state index >= 15 is 0 Å². The van der Waals surface area contributed by atoms with Gasteiger partial charge in [-0.3, -0.25) is 0 Å². The van der Waals surface area contributed by atoms with Crippen molar-refractivity contribution in [3.63, 3.8) is 0 Å². The average molecular weight is 389 g/mol. The van der Waals surface area contributed by atoms with Crippen molar-refractivity contribution >= 4 is 35.1 Å². The topological polar surface area (TPSA) is 26.7 Å². The summed E-state index contributed by atoms with van der Waals surface area (Å²) in [6, 6.07) is 15.6. The van der Waals surface area contributed by atoms with Gasteiger partial charge in [-0.2, -0.15) is 0 Å². The Kier molecular flexibility index (Phi) is 6.92. The molecule has 1 atom stereocenters. The Morgan fingerprint density at radius 2 is 2.00 bits per heavy atom. The van der Waals surface area contributed by atoms with Gasteiger partial charge in [-0.05, 0) is 61.5 Å². The van der Waals surface area contributed by atoms with E-state index in [9.17, 15) is 5.11 Å². The second kappa shape index (κ2) is 9.18. The molecule has 140 valence electrons. The standard InChI is InChI=1S/C21H28N2OS2/c1-4-5-9-18-14-23(17-10-7-6-8-11-17)19-13-20(25-3)16(15-24)12-21(19)26-22(18)2/h6-8,10-13,18,24H,4-5,9,14-15H2,1-3H3. The molecule has 0 radical (unpaired) electrons. The van der Waals surface area contributed by atoms with E-state index in [0.717, 1.165) is 17.0 Å². The van der Waals surface area contributed by atoms with Gasteiger partial charge in [0.15, 0.2) is 0 Å². The van der Waals surface area contributed by atoms with Gasteiger partial charge in [-0.15, -0.1) is 11.8 Å². The van der Waals surface area contributed by atoms with Crippen LogP contribution in [0.2, 0.25) is 0 Å². The zero-order valence-electron chi connectivity index (χ0n) is 15.8. The van der Waals surface area contributed by atoms with Crippen molar-refractivity contribution in [3.05, 3.63) is 48.0 Å². The van der Waals surface area contributed by atoms with E-state index in [4.69, 9.17) is 0 Å². The molecule has 0 fully saturated rings. The van der Waals surface area contributed by atoms with Crippen LogP contribution in [0.3, 0.4) is 0 Å². The minimum atomic E-state index is 0.0817. The van der Waals surface area contributed by atoms with Gasteiger partial charge >= 0.3 is 0 Å². The van der Waals surface area contributed by atoms with E-state index in [1.54, 1.807) is 11.8 Å². The maximum Gasteiger partial charge on any atom is 0.0693 e. The molecule has 1 unspecified atom stereocenters. The maximum absolute atomic E-state index is 9.79. The third kappa shape index (κ3) is 4.22. The molecule has 1 aliphatic heterocycles. The van der Waals surface area contributed by atoms with Crippen LogP contribution < -0.4 is 4.90 Å². The monoisotopic (exact) mass is 388 g/mol. The van der Waals surface area contributed by atoms with E-state index in [-0.39, 0.29) is 6.61 Å². The lowest BCUT2D eigenvalue weighted by Gasteiger charge is -2.30. The largest absolute Gasteiger partial charge is 0.392 e. The van der Waals surface area contributed by atoms with E-state index in [2.05, 4.69) is 71.9 Å². The summed E-state index contributed by atoms with van der Waals surface area (Å²) < 4.78 is 2.40. The lowest BCUT2D eigenvalue weighted by Crippen LogP contribution is -2.35. The highest BCUT2D eigenvalue weighted by atomic mass is 32.2. The minimum absolute atomic E-state index is 0.0817. The minimum Gasteiger partial charge on any atom is -0.392 e. The molecule has 0 aliphatic carbocycles. The van der Waals surface area contributed by atoms with Crippen molar-refractivity contribution in [2.24, 2.45) is 0 Å². The number of aliphatic hydroxyl groups excluding tert-OH is 1. The summed E-state index contributed by atoms with van der Waals surface area (Å²) in [5, 5.41) is 9.79. The Bertz CT molecular complexity index is 723. The van der Waals surface area contributed by atoms with Crippen molar-refractivity contribution in [2.75, 3.05) is 24.7 Å². The third-order valence-corrected chi connectivity index (χ3v) is 6.86. The van der Waals surface area contributed by atoms with Crippen molar-refractivity contribution in [3.8, 4) is 0 Å². The number of likely N-dealkylation sites (N-methyl/N-ethyl adjacent to an activating group) is 1. The zero-order chi connectivity index (χ0) is 18.5. The summed E-state index contributed by atoms with van der Waals surface area (Å²) in [4.78, 5) is 4.83. The van der Waals surface area contributed by atoms with Crippen molar-refractivity contribution in [1.29, 1.82) is 0 Å². The molecule has 5 heteroatoms. The molecule has 1 aliphatic rings. The summed E-state index contributed by atoms with van der Waals surface area (Å²) in [6.07, 6.45) is 5.73. The van der Waals surface area contributed by atoms with Crippen LogP contribution in [0.15, 0.2) is 52.3 Å². The highest BCUT2D eigenvalue weighted by Gasteiger charge is 2.28. The molecule has 1 heterocycles. The molecule has 0 saturated carbocycles. The SMILES string of the molecule is CCCCC1CN(c2ccccc2)c2cc(SC)c(CO)cc2SN1C. The Balaban J connectivity index is 2.08. The first kappa shape index (κ1) is 19.6. The fraction of sp³-hybridized carbons (Fsp3) is 0.429. The molecule has 0 amide bonds. The van der Waals surface area contributed by atoms with Crippen LogP contribution in [0.25, 0.3) is 0 Å². The summed E-state index contributed by atoms with van der Waals surface area (Å²) in [7, 11) is 2.20. The fourth-order valence-corrected chi connectivity index (χ4v) is 5.11. The van der Waals surface area contributed by atoms with Gasteiger partial charge in [0.05, 0.1) is 12.3 Å². The summed E-state index contributed by atoms with van der Waals surface area (Å²) in [5.41, 5.74) is 3.49. The number of hydrogen-bond acceptors (Lipinski definition) is 5. The maximum atomic E-state index is 9.79. The van der Waals surface area contributed by atoms with E-state index in [1.807, 2.05) is 11.9 Å². The van der Waals surface area contributed by atoms with Gasteiger partial charge in [-0.25, -0.2) is 4.31 Å². The second-order valence-electron chi connectivity index (χ2n) is 6.67. The molecule has 3 nitrogen and oxygen atoms in total.